The monoisotopic (exact) mass is 343 g/mol. The molecule has 1 amide bonds. The van der Waals surface area contributed by atoms with Crippen molar-refractivity contribution >= 4 is 15.7 Å². The Morgan fingerprint density at radius 2 is 1.67 bits per heavy atom. The number of hydrogen-bond donors (Lipinski definition) is 1. The van der Waals surface area contributed by atoms with E-state index in [0.29, 0.717) is 6.42 Å². The van der Waals surface area contributed by atoms with E-state index in [1.165, 1.54) is 0 Å². The van der Waals surface area contributed by atoms with Gasteiger partial charge in [0.1, 0.15) is 0 Å². The maximum Gasteiger partial charge on any atom is 0.224 e. The first-order valence-corrected chi connectivity index (χ1v) is 9.89. The lowest BCUT2D eigenvalue weighted by Crippen LogP contribution is -2.35. The fourth-order valence-corrected chi connectivity index (χ4v) is 4.77. The Bertz CT molecular complexity index is 813. The van der Waals surface area contributed by atoms with E-state index >= 15 is 0 Å². The van der Waals surface area contributed by atoms with E-state index in [-0.39, 0.29) is 23.5 Å². The SMILES string of the molecule is Cc1ccc(C(NC(=O)C2CCS(=O)(=O)C2)c2ccccc2)cc1. The van der Waals surface area contributed by atoms with Gasteiger partial charge in [0, 0.05) is 0 Å². The van der Waals surface area contributed by atoms with Gasteiger partial charge in [0.25, 0.3) is 0 Å². The molecule has 2 aromatic carbocycles. The van der Waals surface area contributed by atoms with Crippen LogP contribution in [0, 0.1) is 12.8 Å². The highest BCUT2D eigenvalue weighted by molar-refractivity contribution is 7.91. The van der Waals surface area contributed by atoms with Crippen LogP contribution in [-0.4, -0.2) is 25.8 Å². The second-order valence-corrected chi connectivity index (χ2v) is 8.59. The largest absolute Gasteiger partial charge is 0.345 e. The molecule has 2 aromatic rings. The third-order valence-corrected chi connectivity index (χ3v) is 6.20. The van der Waals surface area contributed by atoms with Gasteiger partial charge in [-0.3, -0.25) is 4.79 Å². The molecule has 24 heavy (non-hydrogen) atoms. The van der Waals surface area contributed by atoms with Gasteiger partial charge >= 0.3 is 0 Å². The molecular formula is C19H21NO3S. The van der Waals surface area contributed by atoms with Crippen LogP contribution in [0.1, 0.15) is 29.2 Å². The number of carbonyl (C=O) groups excluding carboxylic acids is 1. The van der Waals surface area contributed by atoms with Crippen LogP contribution < -0.4 is 5.32 Å². The Morgan fingerprint density at radius 1 is 1.04 bits per heavy atom. The summed E-state index contributed by atoms with van der Waals surface area (Å²) in [5, 5.41) is 3.05. The van der Waals surface area contributed by atoms with Crippen molar-refractivity contribution in [3.8, 4) is 0 Å². The predicted octanol–water partition coefficient (Wildman–Crippen LogP) is 2.64. The number of hydrogen-bond acceptors (Lipinski definition) is 3. The molecule has 0 spiro atoms. The zero-order chi connectivity index (χ0) is 17.2. The van der Waals surface area contributed by atoms with E-state index in [9.17, 15) is 13.2 Å². The minimum absolute atomic E-state index is 0.0474. The first-order chi connectivity index (χ1) is 11.4. The fraction of sp³-hybridized carbons (Fsp3) is 0.316. The van der Waals surface area contributed by atoms with E-state index < -0.39 is 15.8 Å². The molecule has 1 N–H and O–H groups in total. The Morgan fingerprint density at radius 3 is 2.25 bits per heavy atom. The van der Waals surface area contributed by atoms with Crippen LogP contribution in [0.3, 0.4) is 0 Å². The molecule has 126 valence electrons. The van der Waals surface area contributed by atoms with Gasteiger partial charge in [0.05, 0.1) is 23.5 Å². The van der Waals surface area contributed by atoms with Gasteiger partial charge in [-0.25, -0.2) is 8.42 Å². The number of benzene rings is 2. The summed E-state index contributed by atoms with van der Waals surface area (Å²) in [4.78, 5) is 12.6. The Labute approximate surface area is 142 Å². The lowest BCUT2D eigenvalue weighted by Gasteiger charge is -2.22. The minimum atomic E-state index is -3.07. The minimum Gasteiger partial charge on any atom is -0.345 e. The van der Waals surface area contributed by atoms with Crippen LogP contribution in [0.2, 0.25) is 0 Å². The maximum atomic E-state index is 12.6. The molecule has 5 heteroatoms. The topological polar surface area (TPSA) is 63.2 Å². The van der Waals surface area contributed by atoms with E-state index in [1.54, 1.807) is 0 Å². The summed E-state index contributed by atoms with van der Waals surface area (Å²) < 4.78 is 23.3. The smallest absolute Gasteiger partial charge is 0.224 e. The summed E-state index contributed by atoms with van der Waals surface area (Å²) in [7, 11) is -3.07. The molecule has 0 aliphatic carbocycles. The van der Waals surface area contributed by atoms with Gasteiger partial charge in [-0.05, 0) is 24.5 Å². The summed E-state index contributed by atoms with van der Waals surface area (Å²) in [5.41, 5.74) is 3.12. The summed E-state index contributed by atoms with van der Waals surface area (Å²) in [6.07, 6.45) is 0.406. The van der Waals surface area contributed by atoms with Gasteiger partial charge in [0.15, 0.2) is 9.84 Å². The Kier molecular flexibility index (Phi) is 4.71. The third-order valence-electron chi connectivity index (χ3n) is 4.43. The van der Waals surface area contributed by atoms with Crippen LogP contribution in [0.25, 0.3) is 0 Å². The normalized spacial score (nSPS) is 20.5. The van der Waals surface area contributed by atoms with Crippen molar-refractivity contribution in [3.05, 3.63) is 71.3 Å². The van der Waals surface area contributed by atoms with Crippen molar-refractivity contribution < 1.29 is 13.2 Å². The molecule has 1 aliphatic heterocycles. The first-order valence-electron chi connectivity index (χ1n) is 8.07. The average molecular weight is 343 g/mol. The Hall–Kier alpha value is -2.14. The lowest BCUT2D eigenvalue weighted by molar-refractivity contribution is -0.124. The van der Waals surface area contributed by atoms with Gasteiger partial charge < -0.3 is 5.32 Å². The molecule has 3 rings (SSSR count). The van der Waals surface area contributed by atoms with Gasteiger partial charge in [0.2, 0.25) is 5.91 Å². The second-order valence-electron chi connectivity index (χ2n) is 6.36. The Balaban J connectivity index is 1.85. The van der Waals surface area contributed by atoms with Crippen LogP contribution in [0.5, 0.6) is 0 Å². The number of sulfone groups is 1. The molecule has 2 atom stereocenters. The number of carbonyl (C=O) groups is 1. The number of nitrogens with one attached hydrogen (secondary N) is 1. The molecule has 1 heterocycles. The molecule has 4 nitrogen and oxygen atoms in total. The second kappa shape index (κ2) is 6.77. The average Bonchev–Trinajstić information content (AvgIpc) is 2.94. The van der Waals surface area contributed by atoms with Gasteiger partial charge in [-0.15, -0.1) is 0 Å². The first kappa shape index (κ1) is 16.7. The molecule has 0 radical (unpaired) electrons. The standard InChI is InChI=1S/C19H21NO3S/c1-14-7-9-16(10-8-14)18(15-5-3-2-4-6-15)20-19(21)17-11-12-24(22,23)13-17/h2-10,17-18H,11-13H2,1H3,(H,20,21). The predicted molar refractivity (Wildman–Crippen MR) is 94.4 cm³/mol. The molecule has 2 unspecified atom stereocenters. The van der Waals surface area contributed by atoms with Crippen molar-refractivity contribution in [3.63, 3.8) is 0 Å². The molecule has 1 aliphatic rings. The zero-order valence-corrected chi connectivity index (χ0v) is 14.4. The summed E-state index contributed by atoms with van der Waals surface area (Å²) in [6.45, 7) is 2.02. The lowest BCUT2D eigenvalue weighted by atomic mass is 9.96. The molecular weight excluding hydrogens is 322 g/mol. The van der Waals surface area contributed by atoms with Crippen LogP contribution >= 0.6 is 0 Å². The van der Waals surface area contributed by atoms with E-state index in [2.05, 4.69) is 5.32 Å². The van der Waals surface area contributed by atoms with Crippen molar-refractivity contribution in [2.75, 3.05) is 11.5 Å². The highest BCUT2D eigenvalue weighted by Gasteiger charge is 2.34. The quantitative estimate of drug-likeness (QED) is 0.928. The van der Waals surface area contributed by atoms with E-state index in [0.717, 1.165) is 16.7 Å². The third kappa shape index (κ3) is 3.85. The van der Waals surface area contributed by atoms with E-state index in [1.807, 2.05) is 61.5 Å². The van der Waals surface area contributed by atoms with E-state index in [4.69, 9.17) is 0 Å². The summed E-state index contributed by atoms with van der Waals surface area (Å²) in [5.74, 6) is -0.586. The molecule has 0 saturated carbocycles. The number of amides is 1. The van der Waals surface area contributed by atoms with Crippen molar-refractivity contribution in [1.82, 2.24) is 5.32 Å². The summed E-state index contributed by atoms with van der Waals surface area (Å²) >= 11 is 0. The maximum absolute atomic E-state index is 12.6. The number of aryl methyl sites for hydroxylation is 1. The zero-order valence-electron chi connectivity index (χ0n) is 13.6. The fourth-order valence-electron chi connectivity index (χ4n) is 3.03. The highest BCUT2D eigenvalue weighted by atomic mass is 32.2. The van der Waals surface area contributed by atoms with Gasteiger partial charge in [-0.2, -0.15) is 0 Å². The summed E-state index contributed by atoms with van der Waals surface area (Å²) in [6, 6.07) is 17.5. The number of rotatable bonds is 4. The molecule has 1 saturated heterocycles. The van der Waals surface area contributed by atoms with Crippen molar-refractivity contribution in [2.24, 2.45) is 5.92 Å². The van der Waals surface area contributed by atoms with Crippen molar-refractivity contribution in [1.29, 1.82) is 0 Å². The molecule has 0 aromatic heterocycles. The van der Waals surface area contributed by atoms with Crippen LogP contribution in [-0.2, 0) is 14.6 Å². The highest BCUT2D eigenvalue weighted by Crippen LogP contribution is 2.25. The van der Waals surface area contributed by atoms with Gasteiger partial charge in [-0.1, -0.05) is 60.2 Å². The van der Waals surface area contributed by atoms with Crippen molar-refractivity contribution in [2.45, 2.75) is 19.4 Å². The van der Waals surface area contributed by atoms with Crippen LogP contribution in [0.15, 0.2) is 54.6 Å². The molecule has 0 bridgehead atoms. The molecule has 1 fully saturated rings. The van der Waals surface area contributed by atoms with Crippen LogP contribution in [0.4, 0.5) is 0 Å².